The topological polar surface area (TPSA) is 140 Å². The summed E-state index contributed by atoms with van der Waals surface area (Å²) in [6, 6.07) is 0. The van der Waals surface area contributed by atoms with Crippen molar-refractivity contribution in [2.75, 3.05) is 26.4 Å². The van der Waals surface area contributed by atoms with Crippen LogP contribution in [-0.4, -0.2) is 72.2 Å². The lowest BCUT2D eigenvalue weighted by Gasteiger charge is -2.65. The molecule has 1 heterocycles. The normalized spacial score (nSPS) is 37.6. The van der Waals surface area contributed by atoms with Gasteiger partial charge in [0.25, 0.3) is 0 Å². The zero-order valence-electron chi connectivity index (χ0n) is 15.6. The predicted octanol–water partition coefficient (Wildman–Crippen LogP) is 0.303. The largest absolute Gasteiger partial charge is 0.465 e. The van der Waals surface area contributed by atoms with Gasteiger partial charge < -0.3 is 24.4 Å². The minimum atomic E-state index is -5.94. The van der Waals surface area contributed by atoms with E-state index in [2.05, 4.69) is 0 Å². The van der Waals surface area contributed by atoms with E-state index in [-0.39, 0.29) is 57.0 Å². The molecule has 4 aliphatic carbocycles. The van der Waals surface area contributed by atoms with E-state index in [1.54, 1.807) is 0 Å². The lowest BCUT2D eigenvalue weighted by molar-refractivity contribution is -0.396. The second-order valence-electron chi connectivity index (χ2n) is 9.02. The molecule has 5 fully saturated rings. The van der Waals surface area contributed by atoms with Crippen molar-refractivity contribution in [1.29, 1.82) is 0 Å². The lowest BCUT2D eigenvalue weighted by atomic mass is 9.51. The molecule has 0 amide bonds. The maximum Gasteiger partial charge on any atom is 0.465 e. The molecule has 3 N–H and O–H groups in total. The Labute approximate surface area is 166 Å². The smallest absolute Gasteiger partial charge is 0.454 e. The molecule has 1 aliphatic heterocycles. The monoisotopic (exact) mass is 442 g/mol. The Morgan fingerprint density at radius 1 is 1.07 bits per heavy atom. The second-order valence-corrected chi connectivity index (χ2v) is 10.5. The molecule has 29 heavy (non-hydrogen) atoms. The van der Waals surface area contributed by atoms with Gasteiger partial charge in [0.05, 0.1) is 31.8 Å². The highest BCUT2D eigenvalue weighted by molar-refractivity contribution is 7.87. The van der Waals surface area contributed by atoms with Crippen molar-refractivity contribution in [2.24, 2.45) is 23.2 Å². The van der Waals surface area contributed by atoms with Gasteiger partial charge in [-0.25, -0.2) is 4.79 Å². The van der Waals surface area contributed by atoms with Gasteiger partial charge in [0.15, 0.2) is 5.79 Å². The van der Waals surface area contributed by atoms with Crippen molar-refractivity contribution in [3.8, 4) is 0 Å². The molecule has 5 aliphatic rings. The molecule has 4 bridgehead atoms. The van der Waals surface area contributed by atoms with Crippen LogP contribution >= 0.6 is 0 Å². The number of hydrogen-bond acceptors (Lipinski definition) is 8. The number of ether oxygens (including phenoxy) is 3. The van der Waals surface area contributed by atoms with Gasteiger partial charge in [-0.3, -0.25) is 4.55 Å². The van der Waals surface area contributed by atoms with E-state index in [1.807, 2.05) is 0 Å². The Morgan fingerprint density at radius 3 is 2.03 bits per heavy atom. The van der Waals surface area contributed by atoms with Gasteiger partial charge in [0.1, 0.15) is 5.60 Å². The van der Waals surface area contributed by atoms with E-state index in [4.69, 9.17) is 18.8 Å². The van der Waals surface area contributed by atoms with Gasteiger partial charge in [-0.15, -0.1) is 0 Å². The highest BCUT2D eigenvalue weighted by Gasteiger charge is 2.68. The summed E-state index contributed by atoms with van der Waals surface area (Å²) < 4.78 is 74.9. The highest BCUT2D eigenvalue weighted by atomic mass is 32.2. The summed E-state index contributed by atoms with van der Waals surface area (Å²) in [4.78, 5) is 11.9. The first-order valence-electron chi connectivity index (χ1n) is 9.49. The van der Waals surface area contributed by atoms with Crippen LogP contribution in [0.3, 0.4) is 0 Å². The number of hydrogen-bond donors (Lipinski definition) is 3. The van der Waals surface area contributed by atoms with Crippen molar-refractivity contribution < 1.29 is 51.0 Å². The zero-order chi connectivity index (χ0) is 21.3. The van der Waals surface area contributed by atoms with Crippen LogP contribution in [0.25, 0.3) is 0 Å². The number of carbonyl (C=O) groups excluding carboxylic acids is 1. The molecule has 12 heteroatoms. The Kier molecular flexibility index (Phi) is 4.81. The van der Waals surface area contributed by atoms with Gasteiger partial charge in [-0.1, -0.05) is 0 Å². The van der Waals surface area contributed by atoms with Crippen LogP contribution in [0.1, 0.15) is 32.1 Å². The summed E-state index contributed by atoms with van der Waals surface area (Å²) in [7, 11) is -5.94. The number of esters is 1. The van der Waals surface area contributed by atoms with Crippen LogP contribution in [-0.2, 0) is 29.1 Å². The molecule has 2 unspecified atom stereocenters. The van der Waals surface area contributed by atoms with Crippen LogP contribution in [0.5, 0.6) is 0 Å². The quantitative estimate of drug-likeness (QED) is 0.405. The fourth-order valence-corrected chi connectivity index (χ4v) is 5.91. The molecular formula is C17H24F2O9S. The summed E-state index contributed by atoms with van der Waals surface area (Å²) in [5, 5.41) is 14.1. The second kappa shape index (κ2) is 6.54. The molecular weight excluding hydrogens is 418 g/mol. The Morgan fingerprint density at radius 2 is 1.59 bits per heavy atom. The minimum Gasteiger partial charge on any atom is -0.454 e. The van der Waals surface area contributed by atoms with Crippen LogP contribution in [0.4, 0.5) is 8.78 Å². The van der Waals surface area contributed by atoms with Gasteiger partial charge in [-0.05, 0) is 38.0 Å². The van der Waals surface area contributed by atoms with Crippen LogP contribution < -0.4 is 0 Å². The molecule has 2 atom stereocenters. The van der Waals surface area contributed by atoms with Crippen LogP contribution in [0.2, 0.25) is 0 Å². The summed E-state index contributed by atoms with van der Waals surface area (Å²) in [6.45, 7) is -0.482. The van der Waals surface area contributed by atoms with Crippen molar-refractivity contribution >= 4 is 16.1 Å². The number of halogens is 2. The lowest BCUT2D eigenvalue weighted by Crippen LogP contribution is -2.69. The van der Waals surface area contributed by atoms with Crippen LogP contribution in [0, 0.1) is 23.2 Å². The summed E-state index contributed by atoms with van der Waals surface area (Å²) >= 11 is 0. The van der Waals surface area contributed by atoms with Crippen molar-refractivity contribution in [3.63, 3.8) is 0 Å². The van der Waals surface area contributed by atoms with Crippen LogP contribution in [0.15, 0.2) is 0 Å². The van der Waals surface area contributed by atoms with Gasteiger partial charge in [0, 0.05) is 11.8 Å². The fraction of sp³-hybridized carbons (Fsp3) is 0.941. The van der Waals surface area contributed by atoms with Crippen molar-refractivity contribution in [2.45, 2.75) is 48.7 Å². The maximum absolute atomic E-state index is 13.7. The molecule has 0 radical (unpaired) electrons. The average molecular weight is 442 g/mol. The molecule has 0 aromatic rings. The van der Waals surface area contributed by atoms with E-state index in [0.717, 1.165) is 0 Å². The van der Waals surface area contributed by atoms with Crippen molar-refractivity contribution in [1.82, 2.24) is 0 Å². The standard InChI is InChI=1S/C17H24F2O9S/c18-17(19,29(23,24)25)13(22)28-15-3-10-1-11(4-15)16(12(2-10)5-15)26-8-14(6-20,7-21)9-27-16/h10-12,20-21H,1-9H2,(H,23,24,25). The minimum absolute atomic E-state index is 0.0747. The third-order valence-electron chi connectivity index (χ3n) is 7.02. The number of alkyl halides is 2. The first kappa shape index (κ1) is 21.3. The number of aliphatic hydroxyl groups is 2. The van der Waals surface area contributed by atoms with E-state index >= 15 is 0 Å². The molecule has 4 saturated carbocycles. The molecule has 1 spiro atoms. The number of aliphatic hydroxyl groups excluding tert-OH is 2. The van der Waals surface area contributed by atoms with E-state index in [9.17, 15) is 32.2 Å². The van der Waals surface area contributed by atoms with E-state index in [0.29, 0.717) is 19.3 Å². The Balaban J connectivity index is 1.54. The first-order chi connectivity index (χ1) is 13.4. The predicted molar refractivity (Wildman–Crippen MR) is 90.1 cm³/mol. The van der Waals surface area contributed by atoms with E-state index in [1.165, 1.54) is 0 Å². The average Bonchev–Trinajstić information content (AvgIpc) is 2.65. The molecule has 1 saturated heterocycles. The number of rotatable bonds is 5. The Bertz CT molecular complexity index is 767. The third kappa shape index (κ3) is 3.10. The number of carbonyl (C=O) groups is 1. The zero-order valence-corrected chi connectivity index (χ0v) is 16.4. The molecule has 0 aromatic carbocycles. The molecule has 0 aromatic heterocycles. The SMILES string of the molecule is O=C(OC12CC3CC(C1)C1(OCC(CO)(CO)CO1)C(C3)C2)C(F)(F)S(=O)(=O)O. The fourth-order valence-electron chi connectivity index (χ4n) is 5.66. The highest BCUT2D eigenvalue weighted by Crippen LogP contribution is 2.63. The van der Waals surface area contributed by atoms with Gasteiger partial charge in [-0.2, -0.15) is 17.2 Å². The van der Waals surface area contributed by atoms with Gasteiger partial charge >= 0.3 is 21.3 Å². The third-order valence-corrected chi connectivity index (χ3v) is 7.84. The first-order valence-corrected chi connectivity index (χ1v) is 10.9. The summed E-state index contributed by atoms with van der Waals surface area (Å²) in [6.07, 6.45) is 2.02. The molecule has 166 valence electrons. The maximum atomic E-state index is 13.7. The molecule has 9 nitrogen and oxygen atoms in total. The van der Waals surface area contributed by atoms with Gasteiger partial charge in [0.2, 0.25) is 0 Å². The van der Waals surface area contributed by atoms with E-state index < -0.39 is 38.1 Å². The summed E-state index contributed by atoms with van der Waals surface area (Å²) in [5.74, 6) is -3.74. The summed E-state index contributed by atoms with van der Waals surface area (Å²) in [5.41, 5.74) is -2.18. The Hall–Kier alpha value is -0.920. The van der Waals surface area contributed by atoms with Crippen molar-refractivity contribution in [3.05, 3.63) is 0 Å². The molecule has 5 rings (SSSR count).